The Morgan fingerprint density at radius 2 is 1.45 bits per heavy atom. The number of hydrogen-bond donors (Lipinski definition) is 1. The Kier molecular flexibility index (Phi) is 8.20. The first-order chi connectivity index (χ1) is 9.86. The number of hydrogen-bond acceptors (Lipinski definition) is 4. The van der Waals surface area contributed by atoms with Crippen molar-refractivity contribution < 1.29 is 0 Å². The van der Waals surface area contributed by atoms with E-state index in [-0.39, 0.29) is 0 Å². The molecule has 6 heteroatoms. The molecule has 2 N–H and O–H groups in total. The number of aromatic nitrogens is 2. The van der Waals surface area contributed by atoms with Gasteiger partial charge < -0.3 is 5.73 Å². The quantitative estimate of drug-likeness (QED) is 0.513. The normalized spacial score (nSPS) is 9.05. The Morgan fingerprint density at radius 3 is 1.90 bits per heavy atom. The van der Waals surface area contributed by atoms with Gasteiger partial charge in [0.25, 0.3) is 0 Å². The molecule has 0 bridgehead atoms. The van der Waals surface area contributed by atoms with E-state index in [1.54, 1.807) is 24.8 Å². The van der Waals surface area contributed by atoms with Crippen molar-refractivity contribution in [3.63, 3.8) is 0 Å². The Labute approximate surface area is 118 Å². The molecule has 0 amide bonds. The smallest absolute Gasteiger partial charge is 0.0298 e. The van der Waals surface area contributed by atoms with E-state index < -0.39 is 0 Å². The maximum absolute atomic E-state index is 7.99. The van der Waals surface area contributed by atoms with Crippen LogP contribution < -0.4 is 5.73 Å². The summed E-state index contributed by atoms with van der Waals surface area (Å²) in [7, 11) is 0. The first-order valence-electron chi connectivity index (χ1n) is 6.35. The van der Waals surface area contributed by atoms with Gasteiger partial charge in [-0.3, -0.25) is 9.97 Å². The van der Waals surface area contributed by atoms with Gasteiger partial charge in [-0.2, -0.15) is 0 Å². The highest BCUT2D eigenvalue weighted by Crippen LogP contribution is 1.97. The molecule has 6 nitrogen and oxygen atoms in total. The lowest BCUT2D eigenvalue weighted by Crippen LogP contribution is -2.02. The molecule has 20 heavy (non-hydrogen) atoms. The lowest BCUT2D eigenvalue weighted by atomic mass is 10.2. The summed E-state index contributed by atoms with van der Waals surface area (Å²) >= 11 is 0. The van der Waals surface area contributed by atoms with Crippen LogP contribution in [0.5, 0.6) is 0 Å². The summed E-state index contributed by atoms with van der Waals surface area (Å²) < 4.78 is 0. The summed E-state index contributed by atoms with van der Waals surface area (Å²) in [6.45, 7) is 1.23. The van der Waals surface area contributed by atoms with Crippen molar-refractivity contribution >= 4 is 0 Å². The second-order valence-electron chi connectivity index (χ2n) is 3.95. The molecule has 0 fully saturated rings. The van der Waals surface area contributed by atoms with E-state index >= 15 is 0 Å². The second kappa shape index (κ2) is 10.5. The van der Waals surface area contributed by atoms with Crippen LogP contribution in [0.4, 0.5) is 0 Å². The topological polar surface area (TPSA) is 101 Å². The molecule has 0 radical (unpaired) electrons. The van der Waals surface area contributed by atoms with E-state index in [0.29, 0.717) is 13.1 Å². The molecular formula is C14H18N6. The van der Waals surface area contributed by atoms with Crippen LogP contribution >= 0.6 is 0 Å². The van der Waals surface area contributed by atoms with Crippen molar-refractivity contribution in [1.82, 2.24) is 9.97 Å². The lowest BCUT2D eigenvalue weighted by molar-refractivity contribution is 0.952. The van der Waals surface area contributed by atoms with Crippen molar-refractivity contribution in [2.75, 3.05) is 13.1 Å². The molecule has 0 unspecified atom stereocenters. The van der Waals surface area contributed by atoms with Crippen LogP contribution in [0.1, 0.15) is 11.1 Å². The minimum Gasteiger partial charge on any atom is -0.330 e. The molecule has 2 rings (SSSR count). The Bertz CT molecular complexity index is 508. The highest BCUT2D eigenvalue weighted by atomic mass is 15.1. The summed E-state index contributed by atoms with van der Waals surface area (Å²) in [6.07, 6.45) is 8.75. The molecule has 104 valence electrons. The summed E-state index contributed by atoms with van der Waals surface area (Å²) in [4.78, 5) is 10.4. The number of azide groups is 1. The van der Waals surface area contributed by atoms with Gasteiger partial charge >= 0.3 is 0 Å². The molecule has 0 saturated heterocycles. The molecule has 0 aromatic carbocycles. The maximum atomic E-state index is 7.99. The van der Waals surface area contributed by atoms with Gasteiger partial charge in [0, 0.05) is 36.2 Å². The number of rotatable bonds is 5. The van der Waals surface area contributed by atoms with Gasteiger partial charge in [0.1, 0.15) is 0 Å². The van der Waals surface area contributed by atoms with E-state index in [0.717, 1.165) is 18.4 Å². The van der Waals surface area contributed by atoms with E-state index in [1.165, 1.54) is 5.56 Å². The second-order valence-corrected chi connectivity index (χ2v) is 3.95. The molecule has 0 saturated carbocycles. The van der Waals surface area contributed by atoms with Crippen LogP contribution in [0.15, 0.2) is 54.2 Å². The molecule has 0 spiro atoms. The molecule has 0 aliphatic carbocycles. The van der Waals surface area contributed by atoms with Gasteiger partial charge in [-0.1, -0.05) is 5.11 Å². The zero-order valence-corrected chi connectivity index (χ0v) is 11.3. The van der Waals surface area contributed by atoms with Crippen molar-refractivity contribution in [3.8, 4) is 0 Å². The Hall–Kier alpha value is -2.43. The third kappa shape index (κ3) is 7.10. The predicted molar refractivity (Wildman–Crippen MR) is 78.9 cm³/mol. The van der Waals surface area contributed by atoms with Crippen LogP contribution in [0.25, 0.3) is 10.4 Å². The fourth-order valence-corrected chi connectivity index (χ4v) is 1.49. The van der Waals surface area contributed by atoms with Crippen LogP contribution in [0.3, 0.4) is 0 Å². The standard InChI is InChI=1S/C7H8N4.C7H10N2/c8-11-10-6-3-7-1-4-9-5-2-7;8-4-1-7-2-5-9-6-3-7/h1-2,4-5H,3,6H2;2-3,5-6H,1,4,8H2. The number of pyridine rings is 2. The minimum atomic E-state index is 0.514. The molecular weight excluding hydrogens is 252 g/mol. The fourth-order valence-electron chi connectivity index (χ4n) is 1.49. The molecule has 2 aromatic heterocycles. The summed E-state index contributed by atoms with van der Waals surface area (Å²) in [6, 6.07) is 7.78. The molecule has 0 aliphatic rings. The Morgan fingerprint density at radius 1 is 0.950 bits per heavy atom. The lowest BCUT2D eigenvalue weighted by Gasteiger charge is -1.93. The SMILES string of the molecule is NCCc1ccncc1.[N-]=[N+]=NCCc1ccncc1. The van der Waals surface area contributed by atoms with E-state index in [9.17, 15) is 0 Å². The number of nitrogens with zero attached hydrogens (tertiary/aromatic N) is 5. The van der Waals surface area contributed by atoms with Crippen LogP contribution in [-0.2, 0) is 12.8 Å². The average Bonchev–Trinajstić information content (AvgIpc) is 2.51. The van der Waals surface area contributed by atoms with E-state index in [2.05, 4.69) is 20.0 Å². The van der Waals surface area contributed by atoms with Gasteiger partial charge in [-0.25, -0.2) is 0 Å². The minimum absolute atomic E-state index is 0.514. The molecule has 2 heterocycles. The predicted octanol–water partition coefficient (Wildman–Crippen LogP) is 2.52. The monoisotopic (exact) mass is 270 g/mol. The van der Waals surface area contributed by atoms with Gasteiger partial charge in [-0.05, 0) is 60.3 Å². The van der Waals surface area contributed by atoms with Gasteiger partial charge in [0.2, 0.25) is 0 Å². The highest BCUT2D eigenvalue weighted by Gasteiger charge is 1.87. The molecule has 0 atom stereocenters. The van der Waals surface area contributed by atoms with E-state index in [4.69, 9.17) is 11.3 Å². The fraction of sp³-hybridized carbons (Fsp3) is 0.286. The average molecular weight is 270 g/mol. The van der Waals surface area contributed by atoms with Crippen molar-refractivity contribution in [2.45, 2.75) is 12.8 Å². The van der Waals surface area contributed by atoms with Crippen molar-refractivity contribution in [2.24, 2.45) is 10.8 Å². The largest absolute Gasteiger partial charge is 0.330 e. The maximum Gasteiger partial charge on any atom is 0.0298 e. The van der Waals surface area contributed by atoms with Gasteiger partial charge in [-0.15, -0.1) is 0 Å². The third-order valence-corrected chi connectivity index (χ3v) is 2.50. The molecule has 2 aromatic rings. The van der Waals surface area contributed by atoms with Crippen LogP contribution in [0.2, 0.25) is 0 Å². The van der Waals surface area contributed by atoms with Crippen LogP contribution in [0, 0.1) is 0 Å². The number of nitrogens with two attached hydrogens (primary N) is 1. The Balaban J connectivity index is 0.000000204. The van der Waals surface area contributed by atoms with Crippen molar-refractivity contribution in [3.05, 3.63) is 70.6 Å². The first kappa shape index (κ1) is 15.6. The van der Waals surface area contributed by atoms with Crippen LogP contribution in [-0.4, -0.2) is 23.1 Å². The first-order valence-corrected chi connectivity index (χ1v) is 6.35. The zero-order chi connectivity index (χ0) is 14.5. The highest BCUT2D eigenvalue weighted by molar-refractivity contribution is 5.10. The summed E-state index contributed by atoms with van der Waals surface area (Å²) in [5.41, 5.74) is 15.7. The summed E-state index contributed by atoms with van der Waals surface area (Å²) in [5, 5.41) is 3.43. The van der Waals surface area contributed by atoms with Crippen molar-refractivity contribution in [1.29, 1.82) is 0 Å². The van der Waals surface area contributed by atoms with E-state index in [1.807, 2.05) is 24.3 Å². The summed E-state index contributed by atoms with van der Waals surface area (Å²) in [5.74, 6) is 0. The van der Waals surface area contributed by atoms with Gasteiger partial charge in [0.15, 0.2) is 0 Å². The molecule has 0 aliphatic heterocycles. The zero-order valence-electron chi connectivity index (χ0n) is 11.3. The van der Waals surface area contributed by atoms with Gasteiger partial charge in [0.05, 0.1) is 0 Å². The third-order valence-electron chi connectivity index (χ3n) is 2.50.